The molecule has 1 aromatic heterocycles. The number of aromatic nitrogens is 1. The van der Waals surface area contributed by atoms with Gasteiger partial charge >= 0.3 is 0 Å². The number of aromatic hydroxyl groups is 1. The minimum absolute atomic E-state index is 0.152. The Balaban J connectivity index is 2.36. The van der Waals surface area contributed by atoms with Crippen molar-refractivity contribution < 1.29 is 5.11 Å². The second-order valence-corrected chi connectivity index (χ2v) is 10.2. The van der Waals surface area contributed by atoms with Gasteiger partial charge in [-0.15, -0.1) is 0 Å². The van der Waals surface area contributed by atoms with Crippen LogP contribution in [0, 0.1) is 0 Å². The second kappa shape index (κ2) is 7.73. The molecule has 1 aromatic carbocycles. The van der Waals surface area contributed by atoms with E-state index in [0.717, 1.165) is 28.7 Å². The number of aromatic amines is 1. The molecule has 0 unspecified atom stereocenters. The highest BCUT2D eigenvalue weighted by molar-refractivity contribution is 6.48. The van der Waals surface area contributed by atoms with Crippen LogP contribution in [0.25, 0.3) is 5.57 Å². The molecule has 2 rings (SSSR count). The number of allylic oxidation sites excluding steroid dienone is 1. The Hall–Kier alpha value is -1.09. The maximum atomic E-state index is 10.8. The molecule has 2 N–H and O–H groups in total. The first-order chi connectivity index (χ1) is 12.2. The first kappa shape index (κ1) is 22.2. The van der Waals surface area contributed by atoms with Gasteiger partial charge in [0.05, 0.1) is 15.7 Å². The first-order valence-electron chi connectivity index (χ1n) is 9.01. The zero-order valence-corrected chi connectivity index (χ0v) is 19.1. The van der Waals surface area contributed by atoms with Crippen molar-refractivity contribution in [3.63, 3.8) is 0 Å². The van der Waals surface area contributed by atoms with Crippen LogP contribution in [0.15, 0.2) is 18.7 Å². The van der Waals surface area contributed by atoms with E-state index in [0.29, 0.717) is 33.1 Å². The van der Waals surface area contributed by atoms with E-state index in [1.807, 2.05) is 0 Å². The number of hydrogen-bond donors (Lipinski definition) is 2. The van der Waals surface area contributed by atoms with Crippen LogP contribution in [0.4, 0.5) is 0 Å². The van der Waals surface area contributed by atoms with Crippen LogP contribution in [0.1, 0.15) is 70.3 Å². The number of phenols is 1. The first-order valence-corrected chi connectivity index (χ1v) is 10.1. The molecular weight excluding hydrogens is 401 g/mol. The van der Waals surface area contributed by atoms with Gasteiger partial charge in [-0.1, -0.05) is 95.1 Å². The number of benzene rings is 1. The summed E-state index contributed by atoms with van der Waals surface area (Å²) in [6.45, 7) is 16.8. The Morgan fingerprint density at radius 1 is 0.963 bits per heavy atom. The van der Waals surface area contributed by atoms with Gasteiger partial charge in [0.15, 0.2) is 0 Å². The summed E-state index contributed by atoms with van der Waals surface area (Å²) in [5.74, 6) is 0.392. The van der Waals surface area contributed by atoms with Crippen LogP contribution in [0.2, 0.25) is 15.2 Å². The number of nitrogens with one attached hydrogen (secondary N) is 1. The van der Waals surface area contributed by atoms with Crippen molar-refractivity contribution >= 4 is 40.4 Å². The van der Waals surface area contributed by atoms with Crippen molar-refractivity contribution in [3.05, 3.63) is 56.3 Å². The van der Waals surface area contributed by atoms with Crippen molar-refractivity contribution in [2.45, 2.75) is 65.2 Å². The number of hydrogen-bond acceptors (Lipinski definition) is 1. The Morgan fingerprint density at radius 3 is 1.81 bits per heavy atom. The Labute approximate surface area is 177 Å². The second-order valence-electron chi connectivity index (χ2n) is 9.09. The topological polar surface area (TPSA) is 36.0 Å². The molecule has 5 heteroatoms. The van der Waals surface area contributed by atoms with Crippen molar-refractivity contribution in [2.24, 2.45) is 0 Å². The van der Waals surface area contributed by atoms with Crippen LogP contribution < -0.4 is 0 Å². The van der Waals surface area contributed by atoms with Gasteiger partial charge in [-0.05, 0) is 45.9 Å². The molecule has 2 nitrogen and oxygen atoms in total. The van der Waals surface area contributed by atoms with Crippen molar-refractivity contribution in [2.75, 3.05) is 0 Å². The van der Waals surface area contributed by atoms with Crippen molar-refractivity contribution in [1.29, 1.82) is 0 Å². The quantitative estimate of drug-likeness (QED) is 0.509. The predicted molar refractivity (Wildman–Crippen MR) is 119 cm³/mol. The molecule has 0 bridgehead atoms. The summed E-state index contributed by atoms with van der Waals surface area (Å²) in [6.07, 6.45) is 1.47. The fraction of sp³-hybridized carbons (Fsp3) is 0.455. The maximum absolute atomic E-state index is 10.8. The number of rotatable bonds is 4. The fourth-order valence-corrected chi connectivity index (χ4v) is 3.73. The van der Waals surface area contributed by atoms with E-state index in [9.17, 15) is 5.11 Å². The largest absolute Gasteiger partial charge is 0.507 e. The van der Waals surface area contributed by atoms with Crippen LogP contribution in [0.5, 0.6) is 5.75 Å². The molecule has 0 atom stereocenters. The molecule has 0 aliphatic carbocycles. The van der Waals surface area contributed by atoms with Gasteiger partial charge in [-0.2, -0.15) is 0 Å². The number of halogens is 3. The number of phenolic OH excluding ortho intramolecular Hbond substituents is 1. The van der Waals surface area contributed by atoms with E-state index in [2.05, 4.69) is 65.2 Å². The third-order valence-corrected chi connectivity index (χ3v) is 5.93. The molecule has 0 saturated heterocycles. The Bertz CT molecular complexity index is 832. The number of H-pyrrole nitrogens is 1. The Morgan fingerprint density at radius 2 is 1.44 bits per heavy atom. The summed E-state index contributed by atoms with van der Waals surface area (Å²) in [5.41, 5.74) is 4.29. The molecule has 0 radical (unpaired) electrons. The van der Waals surface area contributed by atoms with E-state index in [-0.39, 0.29) is 10.8 Å². The van der Waals surface area contributed by atoms with Crippen LogP contribution in [0.3, 0.4) is 0 Å². The van der Waals surface area contributed by atoms with Crippen LogP contribution in [-0.4, -0.2) is 10.1 Å². The molecule has 2 aromatic rings. The highest BCUT2D eigenvalue weighted by atomic mass is 35.5. The Kier molecular flexibility index (Phi) is 6.36. The van der Waals surface area contributed by atoms with Gasteiger partial charge in [0.2, 0.25) is 0 Å². The normalized spacial score (nSPS) is 12.5. The van der Waals surface area contributed by atoms with Crippen molar-refractivity contribution in [1.82, 2.24) is 4.98 Å². The summed E-state index contributed by atoms with van der Waals surface area (Å²) < 4.78 is 0. The smallest absolute Gasteiger partial charge is 0.127 e. The third kappa shape index (κ3) is 4.85. The molecule has 1 heterocycles. The summed E-state index contributed by atoms with van der Waals surface area (Å²) >= 11 is 18.3. The predicted octanol–water partition coefficient (Wildman–Crippen LogP) is 7.92. The third-order valence-electron chi connectivity index (χ3n) is 4.69. The average Bonchev–Trinajstić information content (AvgIpc) is 2.79. The van der Waals surface area contributed by atoms with Gasteiger partial charge < -0.3 is 10.1 Å². The summed E-state index contributed by atoms with van der Waals surface area (Å²) in [5, 5.41) is 11.9. The van der Waals surface area contributed by atoms with E-state index < -0.39 is 0 Å². The van der Waals surface area contributed by atoms with Gasteiger partial charge in [0.25, 0.3) is 0 Å². The standard InChI is InChI=1S/C22H28Cl3NO/c1-12(18-16(23)17(24)20(25)26-18)8-9-13-10-14(21(2,3)4)19(27)15(11-13)22(5,6)7/h10-11,26-27H,1,8-9H2,2-7H3. The highest BCUT2D eigenvalue weighted by Gasteiger charge is 2.26. The molecule has 0 spiro atoms. The lowest BCUT2D eigenvalue weighted by atomic mass is 9.78. The molecule has 0 fully saturated rings. The zero-order chi connectivity index (χ0) is 20.7. The van der Waals surface area contributed by atoms with Gasteiger partial charge in [-0.25, -0.2) is 0 Å². The lowest BCUT2D eigenvalue weighted by Gasteiger charge is -2.28. The lowest BCUT2D eigenvalue weighted by molar-refractivity contribution is 0.422. The minimum atomic E-state index is -0.152. The average molecular weight is 429 g/mol. The minimum Gasteiger partial charge on any atom is -0.507 e. The van der Waals surface area contributed by atoms with Gasteiger partial charge in [-0.3, -0.25) is 0 Å². The fourth-order valence-electron chi connectivity index (χ4n) is 3.07. The van der Waals surface area contributed by atoms with E-state index in [4.69, 9.17) is 34.8 Å². The SMILES string of the molecule is C=C(CCc1cc(C(C)(C)C)c(O)c(C(C)(C)C)c1)c1[nH]c(Cl)c(Cl)c1Cl. The lowest BCUT2D eigenvalue weighted by Crippen LogP contribution is -2.18. The van der Waals surface area contributed by atoms with Crippen molar-refractivity contribution in [3.8, 4) is 5.75 Å². The van der Waals surface area contributed by atoms with E-state index in [1.54, 1.807) is 0 Å². The molecule has 0 amide bonds. The summed E-state index contributed by atoms with van der Waals surface area (Å²) in [7, 11) is 0. The van der Waals surface area contributed by atoms with Gasteiger partial charge in [0, 0.05) is 0 Å². The molecular formula is C22H28Cl3NO. The molecule has 27 heavy (non-hydrogen) atoms. The molecule has 0 saturated carbocycles. The summed E-state index contributed by atoms with van der Waals surface area (Å²) in [4.78, 5) is 2.99. The number of aryl methyl sites for hydroxylation is 1. The van der Waals surface area contributed by atoms with Crippen LogP contribution in [-0.2, 0) is 17.3 Å². The monoisotopic (exact) mass is 427 g/mol. The van der Waals surface area contributed by atoms with Gasteiger partial charge in [0.1, 0.15) is 10.9 Å². The molecule has 148 valence electrons. The molecule has 0 aliphatic heterocycles. The molecule has 0 aliphatic rings. The zero-order valence-electron chi connectivity index (χ0n) is 16.9. The highest BCUT2D eigenvalue weighted by Crippen LogP contribution is 2.41. The van der Waals surface area contributed by atoms with E-state index in [1.165, 1.54) is 0 Å². The summed E-state index contributed by atoms with van der Waals surface area (Å²) in [6, 6.07) is 4.18. The van der Waals surface area contributed by atoms with Crippen LogP contribution >= 0.6 is 34.8 Å². The van der Waals surface area contributed by atoms with E-state index >= 15 is 0 Å². The maximum Gasteiger partial charge on any atom is 0.127 e.